The van der Waals surface area contributed by atoms with E-state index in [2.05, 4.69) is 5.32 Å². The van der Waals surface area contributed by atoms with Crippen LogP contribution in [0.4, 0.5) is 5.69 Å². The Bertz CT molecular complexity index is 649. The molecule has 1 saturated carbocycles. The van der Waals surface area contributed by atoms with Crippen molar-refractivity contribution in [2.75, 3.05) is 5.73 Å². The van der Waals surface area contributed by atoms with E-state index in [1.165, 1.54) is 11.3 Å². The number of hydrogen-bond acceptors (Lipinski definition) is 4. The summed E-state index contributed by atoms with van der Waals surface area (Å²) in [6.07, 6.45) is 0.939. The number of halogens is 1. The van der Waals surface area contributed by atoms with Crippen molar-refractivity contribution in [3.8, 4) is 0 Å². The maximum Gasteiger partial charge on any atom is 0.263 e. The number of thiophene rings is 1. The number of nitrogen functional groups attached to an aromatic ring is 1. The molecule has 19 heavy (non-hydrogen) atoms. The molecule has 100 valence electrons. The van der Waals surface area contributed by atoms with Gasteiger partial charge in [0.1, 0.15) is 4.88 Å². The molecular weight excluding hydrogens is 284 g/mol. The lowest BCUT2D eigenvalue weighted by Gasteiger charge is -2.31. The fourth-order valence-electron chi connectivity index (χ4n) is 2.22. The second-order valence-electron chi connectivity index (χ2n) is 4.78. The van der Waals surface area contributed by atoms with Crippen LogP contribution < -0.4 is 11.1 Å². The summed E-state index contributed by atoms with van der Waals surface area (Å²) in [6.45, 7) is 0. The van der Waals surface area contributed by atoms with Crippen LogP contribution in [0.25, 0.3) is 10.1 Å². The number of benzene rings is 1. The Kier molecular flexibility index (Phi) is 3.12. The molecule has 0 atom stereocenters. The highest BCUT2D eigenvalue weighted by Gasteiger charge is 2.29. The average molecular weight is 297 g/mol. The zero-order valence-electron chi connectivity index (χ0n) is 10.0. The molecule has 0 saturated heterocycles. The van der Waals surface area contributed by atoms with Gasteiger partial charge >= 0.3 is 0 Å². The molecule has 4 nitrogen and oxygen atoms in total. The summed E-state index contributed by atoms with van der Waals surface area (Å²) in [5.74, 6) is -0.174. The summed E-state index contributed by atoms with van der Waals surface area (Å²) in [5.41, 5.74) is 6.50. The highest BCUT2D eigenvalue weighted by Crippen LogP contribution is 2.35. The lowest BCUT2D eigenvalue weighted by molar-refractivity contribution is 0.0565. The van der Waals surface area contributed by atoms with Crippen molar-refractivity contribution in [2.24, 2.45) is 0 Å². The molecule has 2 aromatic rings. The van der Waals surface area contributed by atoms with Gasteiger partial charge in [-0.25, -0.2) is 0 Å². The van der Waals surface area contributed by atoms with Gasteiger partial charge in [0, 0.05) is 21.2 Å². The Balaban J connectivity index is 1.87. The Morgan fingerprint density at radius 2 is 2.21 bits per heavy atom. The SMILES string of the molecule is Nc1c(C(=O)NC2CC(O)C2)sc2cc(Cl)ccc12. The van der Waals surface area contributed by atoms with Crippen molar-refractivity contribution in [3.63, 3.8) is 0 Å². The summed E-state index contributed by atoms with van der Waals surface area (Å²) < 4.78 is 0.906. The van der Waals surface area contributed by atoms with E-state index < -0.39 is 0 Å². The molecule has 0 radical (unpaired) electrons. The minimum absolute atomic E-state index is 0.0516. The summed E-state index contributed by atoms with van der Waals surface area (Å²) in [4.78, 5) is 12.6. The van der Waals surface area contributed by atoms with E-state index in [0.717, 1.165) is 10.1 Å². The number of rotatable bonds is 2. The van der Waals surface area contributed by atoms with Crippen LogP contribution in [0, 0.1) is 0 Å². The van der Waals surface area contributed by atoms with Gasteiger partial charge in [0.15, 0.2) is 0 Å². The lowest BCUT2D eigenvalue weighted by Crippen LogP contribution is -2.46. The summed E-state index contributed by atoms with van der Waals surface area (Å²) in [5, 5.41) is 13.6. The third-order valence-electron chi connectivity index (χ3n) is 3.35. The van der Waals surface area contributed by atoms with Crippen molar-refractivity contribution in [3.05, 3.63) is 28.1 Å². The molecule has 0 unspecified atom stereocenters. The molecule has 1 aromatic carbocycles. The lowest BCUT2D eigenvalue weighted by atomic mass is 9.89. The summed E-state index contributed by atoms with van der Waals surface area (Å²) >= 11 is 7.27. The van der Waals surface area contributed by atoms with Crippen LogP contribution >= 0.6 is 22.9 Å². The largest absolute Gasteiger partial charge is 0.397 e. The smallest absolute Gasteiger partial charge is 0.263 e. The molecule has 4 N–H and O–H groups in total. The Labute approximate surface area is 119 Å². The fraction of sp³-hybridized carbons (Fsp3) is 0.308. The number of nitrogens with two attached hydrogens (primary N) is 1. The van der Waals surface area contributed by atoms with E-state index in [0.29, 0.717) is 28.4 Å². The van der Waals surface area contributed by atoms with E-state index in [1.807, 2.05) is 12.1 Å². The minimum atomic E-state index is -0.288. The number of hydrogen-bond donors (Lipinski definition) is 3. The van der Waals surface area contributed by atoms with E-state index >= 15 is 0 Å². The van der Waals surface area contributed by atoms with Gasteiger partial charge in [-0.3, -0.25) is 4.79 Å². The number of aliphatic hydroxyl groups excluding tert-OH is 1. The second kappa shape index (κ2) is 4.67. The molecule has 1 aromatic heterocycles. The van der Waals surface area contributed by atoms with Gasteiger partial charge in [-0.05, 0) is 31.0 Å². The van der Waals surface area contributed by atoms with Crippen LogP contribution in [0.2, 0.25) is 5.02 Å². The highest BCUT2D eigenvalue weighted by molar-refractivity contribution is 7.21. The van der Waals surface area contributed by atoms with E-state index in [1.54, 1.807) is 6.07 Å². The van der Waals surface area contributed by atoms with Crippen LogP contribution in [0.5, 0.6) is 0 Å². The molecule has 1 heterocycles. The first-order valence-corrected chi connectivity index (χ1v) is 7.20. The number of fused-ring (bicyclic) bond motifs is 1. The number of nitrogens with one attached hydrogen (secondary N) is 1. The van der Waals surface area contributed by atoms with Crippen LogP contribution in [0.15, 0.2) is 18.2 Å². The van der Waals surface area contributed by atoms with Gasteiger partial charge in [0.2, 0.25) is 0 Å². The normalized spacial score (nSPS) is 22.2. The summed E-state index contributed by atoms with van der Waals surface area (Å²) in [6, 6.07) is 5.45. The van der Waals surface area contributed by atoms with Crippen LogP contribution in [0.1, 0.15) is 22.5 Å². The number of anilines is 1. The molecule has 1 aliphatic rings. The number of carbonyl (C=O) groups excluding carboxylic acids is 1. The molecule has 6 heteroatoms. The predicted octanol–water partition coefficient (Wildman–Crippen LogP) is 2.39. The first-order chi connectivity index (χ1) is 9.04. The van der Waals surface area contributed by atoms with Crippen molar-refractivity contribution >= 4 is 44.6 Å². The van der Waals surface area contributed by atoms with Crippen LogP contribution in [0.3, 0.4) is 0 Å². The number of amides is 1. The Morgan fingerprint density at radius 3 is 2.89 bits per heavy atom. The van der Waals surface area contributed by atoms with Gasteiger partial charge in [-0.2, -0.15) is 0 Å². The fourth-order valence-corrected chi connectivity index (χ4v) is 3.52. The van der Waals surface area contributed by atoms with E-state index in [4.69, 9.17) is 17.3 Å². The molecular formula is C13H13ClN2O2S. The van der Waals surface area contributed by atoms with Crippen LogP contribution in [-0.2, 0) is 0 Å². The van der Waals surface area contributed by atoms with Crippen molar-refractivity contribution in [1.29, 1.82) is 0 Å². The van der Waals surface area contributed by atoms with Crippen LogP contribution in [-0.4, -0.2) is 23.2 Å². The topological polar surface area (TPSA) is 75.4 Å². The highest BCUT2D eigenvalue weighted by atomic mass is 35.5. The predicted molar refractivity (Wildman–Crippen MR) is 77.7 cm³/mol. The first-order valence-electron chi connectivity index (χ1n) is 6.01. The third-order valence-corrected chi connectivity index (χ3v) is 4.75. The molecule has 0 spiro atoms. The van der Waals surface area contributed by atoms with Gasteiger partial charge in [0.25, 0.3) is 5.91 Å². The molecule has 0 bridgehead atoms. The van der Waals surface area contributed by atoms with Gasteiger partial charge < -0.3 is 16.2 Å². The molecule has 1 amide bonds. The monoisotopic (exact) mass is 296 g/mol. The summed E-state index contributed by atoms with van der Waals surface area (Å²) in [7, 11) is 0. The van der Waals surface area contributed by atoms with Gasteiger partial charge in [0.05, 0.1) is 11.8 Å². The molecule has 1 fully saturated rings. The van der Waals surface area contributed by atoms with E-state index in [9.17, 15) is 9.90 Å². The zero-order chi connectivity index (χ0) is 13.6. The van der Waals surface area contributed by atoms with Gasteiger partial charge in [-0.15, -0.1) is 11.3 Å². The average Bonchev–Trinajstić information content (AvgIpc) is 2.64. The number of aliphatic hydroxyl groups is 1. The van der Waals surface area contributed by atoms with Gasteiger partial charge in [-0.1, -0.05) is 11.6 Å². The quantitative estimate of drug-likeness (QED) is 0.796. The van der Waals surface area contributed by atoms with Crippen molar-refractivity contribution in [2.45, 2.75) is 25.0 Å². The first kappa shape index (κ1) is 12.7. The molecule has 0 aliphatic heterocycles. The van der Waals surface area contributed by atoms with Crippen molar-refractivity contribution in [1.82, 2.24) is 5.32 Å². The Morgan fingerprint density at radius 1 is 1.47 bits per heavy atom. The van der Waals surface area contributed by atoms with Crippen molar-refractivity contribution < 1.29 is 9.90 Å². The number of carbonyl (C=O) groups is 1. The Hall–Kier alpha value is -1.30. The maximum absolute atomic E-state index is 12.1. The van der Waals surface area contributed by atoms with E-state index in [-0.39, 0.29) is 18.1 Å². The standard InChI is InChI=1S/C13H13ClN2O2S/c14-6-1-2-9-10(3-6)19-12(11(9)15)13(18)16-7-4-8(17)5-7/h1-3,7-8,17H,4-5,15H2,(H,16,18). The molecule has 1 aliphatic carbocycles. The second-order valence-corrected chi connectivity index (χ2v) is 6.27. The third kappa shape index (κ3) is 2.29. The molecule has 3 rings (SSSR count). The maximum atomic E-state index is 12.1. The minimum Gasteiger partial charge on any atom is -0.397 e. The zero-order valence-corrected chi connectivity index (χ0v) is 11.6.